The Hall–Kier alpha value is -2.15. The summed E-state index contributed by atoms with van der Waals surface area (Å²) in [6.07, 6.45) is 2.10. The highest BCUT2D eigenvalue weighted by Crippen LogP contribution is 2.17. The van der Waals surface area contributed by atoms with E-state index in [1.54, 1.807) is 18.2 Å². The van der Waals surface area contributed by atoms with Gasteiger partial charge in [-0.2, -0.15) is 10.4 Å². The van der Waals surface area contributed by atoms with Gasteiger partial charge in [-0.15, -0.1) is 0 Å². The second-order valence-corrected chi connectivity index (χ2v) is 3.33. The summed E-state index contributed by atoms with van der Waals surface area (Å²) in [5, 5.41) is 12.9. The Morgan fingerprint density at radius 2 is 2.19 bits per heavy atom. The molecule has 0 unspecified atom stereocenters. The van der Waals surface area contributed by atoms with E-state index in [1.807, 2.05) is 6.92 Å². The Kier molecular flexibility index (Phi) is 2.69. The molecule has 0 saturated carbocycles. The molecule has 0 aliphatic carbocycles. The molecule has 1 aromatic heterocycles. The summed E-state index contributed by atoms with van der Waals surface area (Å²) in [5.74, 6) is -0.343. The summed E-state index contributed by atoms with van der Waals surface area (Å²) in [6.45, 7) is 1.91. The Labute approximate surface area is 92.7 Å². The number of benzene rings is 1. The summed E-state index contributed by atoms with van der Waals surface area (Å²) in [4.78, 5) is 0. The quantitative estimate of drug-likeness (QED) is 0.772. The van der Waals surface area contributed by atoms with Gasteiger partial charge < -0.3 is 0 Å². The fourth-order valence-corrected chi connectivity index (χ4v) is 1.64. The molecule has 80 valence electrons. The minimum Gasteiger partial charge on any atom is -0.233 e. The van der Waals surface area contributed by atoms with Crippen LogP contribution in [0.1, 0.15) is 18.2 Å². The SMILES string of the molecule is CCc1c(C#N)cnn1-c1ccccc1F. The topological polar surface area (TPSA) is 41.6 Å². The van der Waals surface area contributed by atoms with Crippen molar-refractivity contribution in [1.82, 2.24) is 9.78 Å². The number of nitrogens with zero attached hydrogens (tertiary/aromatic N) is 3. The van der Waals surface area contributed by atoms with E-state index < -0.39 is 0 Å². The van der Waals surface area contributed by atoms with E-state index in [1.165, 1.54) is 16.9 Å². The van der Waals surface area contributed by atoms with Crippen LogP contribution in [0.3, 0.4) is 0 Å². The molecule has 2 aromatic rings. The van der Waals surface area contributed by atoms with Crippen LogP contribution in [0, 0.1) is 17.1 Å². The maximum atomic E-state index is 13.6. The van der Waals surface area contributed by atoms with E-state index in [2.05, 4.69) is 11.2 Å². The van der Waals surface area contributed by atoms with Crippen molar-refractivity contribution in [2.24, 2.45) is 0 Å². The van der Waals surface area contributed by atoms with Gasteiger partial charge in [-0.25, -0.2) is 9.07 Å². The Morgan fingerprint density at radius 3 is 2.81 bits per heavy atom. The highest BCUT2D eigenvalue weighted by atomic mass is 19.1. The number of hydrogen-bond acceptors (Lipinski definition) is 2. The van der Waals surface area contributed by atoms with Crippen molar-refractivity contribution in [3.05, 3.63) is 47.5 Å². The lowest BCUT2D eigenvalue weighted by atomic mass is 10.2. The third kappa shape index (κ3) is 1.57. The Bertz CT molecular complexity index is 552. The van der Waals surface area contributed by atoms with Gasteiger partial charge in [0.15, 0.2) is 0 Å². The predicted molar refractivity (Wildman–Crippen MR) is 57.6 cm³/mol. The van der Waals surface area contributed by atoms with Gasteiger partial charge in [0, 0.05) is 0 Å². The normalized spacial score (nSPS) is 10.1. The smallest absolute Gasteiger partial charge is 0.148 e. The molecule has 0 amide bonds. The van der Waals surface area contributed by atoms with Crippen LogP contribution < -0.4 is 0 Å². The van der Waals surface area contributed by atoms with E-state index in [9.17, 15) is 4.39 Å². The first-order valence-corrected chi connectivity index (χ1v) is 4.99. The van der Waals surface area contributed by atoms with Gasteiger partial charge in [-0.3, -0.25) is 0 Å². The summed E-state index contributed by atoms with van der Waals surface area (Å²) < 4.78 is 15.0. The molecule has 0 atom stereocenters. The number of para-hydroxylation sites is 1. The first-order valence-electron chi connectivity index (χ1n) is 4.99. The molecule has 2 rings (SSSR count). The molecule has 1 aromatic carbocycles. The van der Waals surface area contributed by atoms with Crippen LogP contribution in [0.15, 0.2) is 30.5 Å². The fourth-order valence-electron chi connectivity index (χ4n) is 1.64. The van der Waals surface area contributed by atoms with Crippen molar-refractivity contribution in [2.45, 2.75) is 13.3 Å². The molecule has 1 heterocycles. The summed E-state index contributed by atoms with van der Waals surface area (Å²) >= 11 is 0. The van der Waals surface area contributed by atoms with E-state index in [-0.39, 0.29) is 5.82 Å². The van der Waals surface area contributed by atoms with Crippen molar-refractivity contribution in [1.29, 1.82) is 5.26 Å². The van der Waals surface area contributed by atoms with Crippen molar-refractivity contribution < 1.29 is 4.39 Å². The lowest BCUT2D eigenvalue weighted by molar-refractivity contribution is 0.607. The molecule has 0 spiro atoms. The average Bonchev–Trinajstić information content (AvgIpc) is 2.72. The lowest BCUT2D eigenvalue weighted by Crippen LogP contribution is -2.04. The molecule has 0 fully saturated rings. The van der Waals surface area contributed by atoms with Crippen LogP contribution in [0.25, 0.3) is 5.69 Å². The third-order valence-electron chi connectivity index (χ3n) is 2.40. The second kappa shape index (κ2) is 4.15. The number of halogens is 1. The molecular formula is C12H10FN3. The molecule has 3 nitrogen and oxygen atoms in total. The number of hydrogen-bond donors (Lipinski definition) is 0. The van der Waals surface area contributed by atoms with Crippen LogP contribution in [0.4, 0.5) is 4.39 Å². The minimum absolute atomic E-state index is 0.343. The highest BCUT2D eigenvalue weighted by Gasteiger charge is 2.12. The highest BCUT2D eigenvalue weighted by molar-refractivity contribution is 5.40. The van der Waals surface area contributed by atoms with Crippen molar-refractivity contribution in [2.75, 3.05) is 0 Å². The monoisotopic (exact) mass is 215 g/mol. The first-order chi connectivity index (χ1) is 7.77. The maximum absolute atomic E-state index is 13.6. The number of aromatic nitrogens is 2. The van der Waals surface area contributed by atoms with Gasteiger partial charge in [0.05, 0.1) is 17.5 Å². The maximum Gasteiger partial charge on any atom is 0.148 e. The Balaban J connectivity index is 2.62. The van der Waals surface area contributed by atoms with Gasteiger partial charge in [0.1, 0.15) is 17.6 Å². The van der Waals surface area contributed by atoms with Gasteiger partial charge in [0.25, 0.3) is 0 Å². The molecule has 16 heavy (non-hydrogen) atoms. The zero-order valence-corrected chi connectivity index (χ0v) is 8.81. The molecule has 0 N–H and O–H groups in total. The molecule has 0 radical (unpaired) electrons. The third-order valence-corrected chi connectivity index (χ3v) is 2.40. The summed E-state index contributed by atoms with van der Waals surface area (Å²) in [7, 11) is 0. The fraction of sp³-hybridized carbons (Fsp3) is 0.167. The van der Waals surface area contributed by atoms with Gasteiger partial charge >= 0.3 is 0 Å². The lowest BCUT2D eigenvalue weighted by Gasteiger charge is -2.06. The number of nitriles is 1. The summed E-state index contributed by atoms with van der Waals surface area (Å²) in [5.41, 5.74) is 1.60. The van der Waals surface area contributed by atoms with Gasteiger partial charge in [-0.05, 0) is 18.6 Å². The molecular weight excluding hydrogens is 205 g/mol. The molecule has 0 aliphatic rings. The standard InChI is InChI=1S/C12H10FN3/c1-2-11-9(7-14)8-15-16(11)12-6-4-3-5-10(12)13/h3-6,8H,2H2,1H3. The van der Waals surface area contributed by atoms with Crippen LogP contribution in [-0.2, 0) is 6.42 Å². The van der Waals surface area contributed by atoms with Crippen LogP contribution >= 0.6 is 0 Å². The van der Waals surface area contributed by atoms with Gasteiger partial charge in [0.2, 0.25) is 0 Å². The van der Waals surface area contributed by atoms with E-state index >= 15 is 0 Å². The van der Waals surface area contributed by atoms with Gasteiger partial charge in [-0.1, -0.05) is 19.1 Å². The van der Waals surface area contributed by atoms with E-state index in [0.717, 1.165) is 5.69 Å². The van der Waals surface area contributed by atoms with E-state index in [4.69, 9.17) is 5.26 Å². The van der Waals surface area contributed by atoms with Crippen LogP contribution in [-0.4, -0.2) is 9.78 Å². The average molecular weight is 215 g/mol. The van der Waals surface area contributed by atoms with Crippen LogP contribution in [0.5, 0.6) is 0 Å². The van der Waals surface area contributed by atoms with Crippen molar-refractivity contribution >= 4 is 0 Å². The van der Waals surface area contributed by atoms with E-state index in [0.29, 0.717) is 17.7 Å². The molecule has 0 bridgehead atoms. The Morgan fingerprint density at radius 1 is 1.44 bits per heavy atom. The zero-order valence-electron chi connectivity index (χ0n) is 8.81. The second-order valence-electron chi connectivity index (χ2n) is 3.33. The predicted octanol–water partition coefficient (Wildman–Crippen LogP) is 2.45. The van der Waals surface area contributed by atoms with Crippen molar-refractivity contribution in [3.8, 4) is 11.8 Å². The summed E-state index contributed by atoms with van der Waals surface area (Å²) in [6, 6.07) is 8.44. The number of rotatable bonds is 2. The largest absolute Gasteiger partial charge is 0.233 e. The first kappa shape index (κ1) is 10.4. The zero-order chi connectivity index (χ0) is 11.5. The molecule has 4 heteroatoms. The molecule has 0 saturated heterocycles. The minimum atomic E-state index is -0.343. The van der Waals surface area contributed by atoms with Crippen molar-refractivity contribution in [3.63, 3.8) is 0 Å². The molecule has 0 aliphatic heterocycles. The van der Waals surface area contributed by atoms with Crippen LogP contribution in [0.2, 0.25) is 0 Å².